The quantitative estimate of drug-likeness (QED) is 0.887. The highest BCUT2D eigenvalue weighted by atomic mass is 32.2. The van der Waals surface area contributed by atoms with E-state index in [4.69, 9.17) is 5.14 Å². The van der Waals surface area contributed by atoms with E-state index in [2.05, 4.69) is 12.1 Å². The standard InChI is InChI=1S/C19H19F2NO2S/c20-16-8-7-15(19(18(16)21)25(22,23)24)17-13-5-6-14(17)10-12-4-2-1-3-11(12)9-13/h1-4,7-8,13-14,17H,5-6,9-10H2,(H2,22,23,24). The fraction of sp³-hybridized carbons (Fsp3) is 0.368. The lowest BCUT2D eigenvalue weighted by Gasteiger charge is -2.25. The maximum atomic E-state index is 14.3. The first-order valence-corrected chi connectivity index (χ1v) is 9.98. The van der Waals surface area contributed by atoms with Crippen molar-refractivity contribution in [3.8, 4) is 0 Å². The Hall–Kier alpha value is -1.79. The SMILES string of the molecule is NS(=O)(=O)c1c(C2C3CCC2Cc2ccccc2C3)ccc(F)c1F. The van der Waals surface area contributed by atoms with E-state index in [1.165, 1.54) is 17.2 Å². The van der Waals surface area contributed by atoms with Gasteiger partial charge in [0.2, 0.25) is 10.0 Å². The molecule has 3 nitrogen and oxygen atoms in total. The molecule has 0 radical (unpaired) electrons. The lowest BCUT2D eigenvalue weighted by atomic mass is 9.81. The van der Waals surface area contributed by atoms with Crippen molar-refractivity contribution in [2.75, 3.05) is 0 Å². The molecule has 25 heavy (non-hydrogen) atoms. The van der Waals surface area contributed by atoms with Gasteiger partial charge >= 0.3 is 0 Å². The Morgan fingerprint density at radius 1 is 0.920 bits per heavy atom. The minimum absolute atomic E-state index is 0.129. The van der Waals surface area contributed by atoms with Gasteiger partial charge in [-0.15, -0.1) is 0 Å². The van der Waals surface area contributed by atoms with E-state index >= 15 is 0 Å². The highest BCUT2D eigenvalue weighted by molar-refractivity contribution is 7.89. The van der Waals surface area contributed by atoms with Gasteiger partial charge in [0.25, 0.3) is 0 Å². The zero-order chi connectivity index (χ0) is 17.8. The third-order valence-electron chi connectivity index (χ3n) is 5.73. The molecule has 1 fully saturated rings. The molecule has 0 amide bonds. The Balaban J connectivity index is 1.86. The average Bonchev–Trinajstić information content (AvgIpc) is 2.83. The topological polar surface area (TPSA) is 60.2 Å². The highest BCUT2D eigenvalue weighted by Gasteiger charge is 2.42. The molecule has 4 rings (SSSR count). The summed E-state index contributed by atoms with van der Waals surface area (Å²) in [6, 6.07) is 10.6. The van der Waals surface area contributed by atoms with Crippen molar-refractivity contribution in [1.29, 1.82) is 0 Å². The predicted octanol–water partition coefficient (Wildman–Crippen LogP) is 3.52. The van der Waals surface area contributed by atoms with E-state index in [0.717, 1.165) is 31.7 Å². The largest absolute Gasteiger partial charge is 0.241 e. The summed E-state index contributed by atoms with van der Waals surface area (Å²) in [5.41, 5.74) is 2.86. The normalized spacial score (nSPS) is 25.5. The number of benzene rings is 2. The van der Waals surface area contributed by atoms with Crippen LogP contribution in [-0.2, 0) is 22.9 Å². The fourth-order valence-electron chi connectivity index (χ4n) is 4.76. The Bertz CT molecular complexity index is 909. The molecular weight excluding hydrogens is 344 g/mol. The van der Waals surface area contributed by atoms with Gasteiger partial charge in [-0.05, 0) is 66.2 Å². The van der Waals surface area contributed by atoms with Gasteiger partial charge in [0.15, 0.2) is 11.6 Å². The molecule has 2 bridgehead atoms. The van der Waals surface area contributed by atoms with Gasteiger partial charge in [0, 0.05) is 0 Å². The molecule has 2 atom stereocenters. The van der Waals surface area contributed by atoms with Gasteiger partial charge in [0.1, 0.15) is 4.90 Å². The van der Waals surface area contributed by atoms with Crippen molar-refractivity contribution in [3.05, 3.63) is 64.7 Å². The second-order valence-electron chi connectivity index (χ2n) is 7.12. The monoisotopic (exact) mass is 363 g/mol. The summed E-state index contributed by atoms with van der Waals surface area (Å²) in [6.45, 7) is 0. The van der Waals surface area contributed by atoms with Crippen molar-refractivity contribution in [2.45, 2.75) is 36.5 Å². The van der Waals surface area contributed by atoms with Crippen LogP contribution < -0.4 is 5.14 Å². The third kappa shape index (κ3) is 2.77. The Labute approximate surface area is 145 Å². The molecule has 2 aliphatic rings. The van der Waals surface area contributed by atoms with Crippen LogP contribution in [0.4, 0.5) is 8.78 Å². The number of hydrogen-bond acceptors (Lipinski definition) is 2. The van der Waals surface area contributed by atoms with Crippen molar-refractivity contribution in [3.63, 3.8) is 0 Å². The molecule has 132 valence electrons. The van der Waals surface area contributed by atoms with Crippen LogP contribution in [0.25, 0.3) is 0 Å². The van der Waals surface area contributed by atoms with Crippen LogP contribution in [0.1, 0.15) is 35.4 Å². The molecule has 0 aromatic heterocycles. The Morgan fingerprint density at radius 3 is 2.00 bits per heavy atom. The van der Waals surface area contributed by atoms with Crippen LogP contribution >= 0.6 is 0 Å². The third-order valence-corrected chi connectivity index (χ3v) is 6.71. The van der Waals surface area contributed by atoms with E-state index in [9.17, 15) is 17.2 Å². The lowest BCUT2D eigenvalue weighted by Crippen LogP contribution is -2.22. The minimum atomic E-state index is -4.35. The molecular formula is C19H19F2NO2S. The molecule has 1 saturated carbocycles. The number of hydrogen-bond donors (Lipinski definition) is 1. The molecule has 2 aromatic carbocycles. The van der Waals surface area contributed by atoms with Crippen LogP contribution in [0.15, 0.2) is 41.3 Å². The smallest absolute Gasteiger partial charge is 0.225 e. The minimum Gasteiger partial charge on any atom is -0.225 e. The van der Waals surface area contributed by atoms with Crippen LogP contribution in [-0.4, -0.2) is 8.42 Å². The fourth-order valence-corrected chi connectivity index (χ4v) is 5.64. The van der Waals surface area contributed by atoms with Gasteiger partial charge in [-0.3, -0.25) is 0 Å². The summed E-state index contributed by atoms with van der Waals surface area (Å²) in [5, 5.41) is 5.23. The van der Waals surface area contributed by atoms with Crippen molar-refractivity contribution in [2.24, 2.45) is 17.0 Å². The first-order valence-electron chi connectivity index (χ1n) is 8.43. The molecule has 0 saturated heterocycles. The zero-order valence-corrected chi connectivity index (χ0v) is 14.4. The van der Waals surface area contributed by atoms with E-state index < -0.39 is 26.6 Å². The molecule has 2 aromatic rings. The number of fused-ring (bicyclic) bond motifs is 3. The number of halogens is 2. The highest BCUT2D eigenvalue weighted by Crippen LogP contribution is 2.51. The summed E-state index contributed by atoms with van der Waals surface area (Å²) in [7, 11) is -4.35. The maximum Gasteiger partial charge on any atom is 0.241 e. The van der Waals surface area contributed by atoms with Crippen molar-refractivity contribution >= 4 is 10.0 Å². The van der Waals surface area contributed by atoms with Gasteiger partial charge < -0.3 is 0 Å². The Kier molecular flexibility index (Phi) is 3.92. The molecule has 0 heterocycles. The second-order valence-corrected chi connectivity index (χ2v) is 8.62. The summed E-state index contributed by atoms with van der Waals surface area (Å²) in [6.07, 6.45) is 3.54. The summed E-state index contributed by atoms with van der Waals surface area (Å²) >= 11 is 0. The molecule has 0 spiro atoms. The van der Waals surface area contributed by atoms with Gasteiger partial charge in [-0.1, -0.05) is 30.3 Å². The van der Waals surface area contributed by atoms with Gasteiger partial charge in [-0.25, -0.2) is 22.3 Å². The summed E-state index contributed by atoms with van der Waals surface area (Å²) in [4.78, 5) is -0.666. The predicted molar refractivity (Wildman–Crippen MR) is 90.5 cm³/mol. The first-order chi connectivity index (χ1) is 11.9. The van der Waals surface area contributed by atoms with Crippen LogP contribution in [0.2, 0.25) is 0 Å². The zero-order valence-electron chi connectivity index (χ0n) is 13.6. The molecule has 2 N–H and O–H groups in total. The van der Waals surface area contributed by atoms with Crippen LogP contribution in [0.3, 0.4) is 0 Å². The molecule has 6 heteroatoms. The van der Waals surface area contributed by atoms with Crippen molar-refractivity contribution in [1.82, 2.24) is 0 Å². The molecule has 0 aliphatic heterocycles. The van der Waals surface area contributed by atoms with E-state index in [0.29, 0.717) is 5.56 Å². The summed E-state index contributed by atoms with van der Waals surface area (Å²) < 4.78 is 51.9. The number of nitrogens with two attached hydrogens (primary N) is 1. The van der Waals surface area contributed by atoms with Crippen LogP contribution in [0.5, 0.6) is 0 Å². The number of rotatable bonds is 2. The van der Waals surface area contributed by atoms with Gasteiger partial charge in [0.05, 0.1) is 0 Å². The summed E-state index contributed by atoms with van der Waals surface area (Å²) in [5.74, 6) is -2.26. The lowest BCUT2D eigenvalue weighted by molar-refractivity contribution is 0.406. The second kappa shape index (κ2) is 5.88. The molecule has 2 unspecified atom stereocenters. The maximum absolute atomic E-state index is 14.3. The van der Waals surface area contributed by atoms with Crippen LogP contribution in [0, 0.1) is 23.5 Å². The van der Waals surface area contributed by atoms with Crippen molar-refractivity contribution < 1.29 is 17.2 Å². The van der Waals surface area contributed by atoms with Gasteiger partial charge in [-0.2, -0.15) is 0 Å². The van der Waals surface area contributed by atoms with E-state index in [1.54, 1.807) is 0 Å². The molecule has 2 aliphatic carbocycles. The first kappa shape index (κ1) is 16.7. The Morgan fingerprint density at radius 2 is 1.48 bits per heavy atom. The average molecular weight is 363 g/mol. The van der Waals surface area contributed by atoms with E-state index in [1.807, 2.05) is 12.1 Å². The van der Waals surface area contributed by atoms with E-state index in [-0.39, 0.29) is 17.8 Å². The number of sulfonamides is 1. The number of primary sulfonamides is 1.